The second-order valence-electron chi connectivity index (χ2n) is 6.20. The molecule has 1 aromatic rings. The van der Waals surface area contributed by atoms with Gasteiger partial charge < -0.3 is 15.1 Å². The Bertz CT molecular complexity index is 461. The quantitative estimate of drug-likeness (QED) is 0.897. The van der Waals surface area contributed by atoms with Crippen molar-refractivity contribution in [3.05, 3.63) is 28.8 Å². The van der Waals surface area contributed by atoms with Gasteiger partial charge in [0.2, 0.25) is 0 Å². The second kappa shape index (κ2) is 7.48. The monoisotopic (exact) mass is 309 g/mol. The van der Waals surface area contributed by atoms with Gasteiger partial charge in [-0.05, 0) is 58.1 Å². The highest BCUT2D eigenvalue weighted by atomic mass is 35.5. The van der Waals surface area contributed by atoms with Gasteiger partial charge in [0.15, 0.2) is 0 Å². The lowest BCUT2D eigenvalue weighted by Gasteiger charge is -2.38. The van der Waals surface area contributed by atoms with Gasteiger partial charge in [0.05, 0.1) is 10.7 Å². The van der Waals surface area contributed by atoms with Gasteiger partial charge in [0.1, 0.15) is 0 Å². The number of anilines is 1. The molecule has 3 nitrogen and oxygen atoms in total. The molecule has 21 heavy (non-hydrogen) atoms. The van der Waals surface area contributed by atoms with Crippen LogP contribution in [0.15, 0.2) is 18.2 Å². The fraction of sp³-hybridized carbons (Fsp3) is 0.647. The Hall–Kier alpha value is -0.770. The molecule has 1 aromatic carbocycles. The molecule has 0 saturated carbocycles. The lowest BCUT2D eigenvalue weighted by atomic mass is 10.0. The van der Waals surface area contributed by atoms with Crippen LogP contribution in [0.4, 0.5) is 5.69 Å². The first-order valence-electron chi connectivity index (χ1n) is 7.97. The fourth-order valence-electron chi connectivity index (χ4n) is 3.07. The molecule has 1 aliphatic heterocycles. The van der Waals surface area contributed by atoms with Crippen molar-refractivity contribution in [2.24, 2.45) is 0 Å². The summed E-state index contributed by atoms with van der Waals surface area (Å²) in [5.41, 5.74) is 2.43. The van der Waals surface area contributed by atoms with Crippen molar-refractivity contribution in [2.45, 2.75) is 38.8 Å². The van der Waals surface area contributed by atoms with Crippen LogP contribution in [0.3, 0.4) is 0 Å². The summed E-state index contributed by atoms with van der Waals surface area (Å²) in [7, 11) is 4.33. The second-order valence-corrected chi connectivity index (χ2v) is 6.60. The third kappa shape index (κ3) is 4.12. The summed E-state index contributed by atoms with van der Waals surface area (Å²) in [6, 6.07) is 7.47. The van der Waals surface area contributed by atoms with E-state index in [-0.39, 0.29) is 0 Å². The van der Waals surface area contributed by atoms with Crippen LogP contribution < -0.4 is 10.2 Å². The summed E-state index contributed by atoms with van der Waals surface area (Å²) in [6.45, 7) is 7.44. The number of hydrogen-bond donors (Lipinski definition) is 1. The van der Waals surface area contributed by atoms with Crippen LogP contribution in [0.5, 0.6) is 0 Å². The minimum atomic E-state index is 0.345. The topological polar surface area (TPSA) is 18.5 Å². The molecular formula is C17H28ClN3. The maximum absolute atomic E-state index is 6.55. The molecule has 0 aliphatic carbocycles. The SMILES string of the molecule is CCNC(C)c1ccc(N2CCCC(N(C)C)C2)c(Cl)c1. The van der Waals surface area contributed by atoms with E-state index >= 15 is 0 Å². The van der Waals surface area contributed by atoms with E-state index in [4.69, 9.17) is 11.6 Å². The third-order valence-corrected chi connectivity index (χ3v) is 4.75. The molecule has 0 radical (unpaired) electrons. The van der Waals surface area contributed by atoms with Crippen LogP contribution in [-0.4, -0.2) is 44.7 Å². The predicted molar refractivity (Wildman–Crippen MR) is 92.5 cm³/mol. The van der Waals surface area contributed by atoms with E-state index in [1.807, 2.05) is 0 Å². The van der Waals surface area contributed by atoms with Crippen molar-refractivity contribution >= 4 is 17.3 Å². The van der Waals surface area contributed by atoms with E-state index in [1.54, 1.807) is 0 Å². The van der Waals surface area contributed by atoms with Gasteiger partial charge in [0, 0.05) is 25.2 Å². The first-order chi connectivity index (χ1) is 10.0. The number of halogens is 1. The van der Waals surface area contributed by atoms with Crippen molar-refractivity contribution < 1.29 is 0 Å². The Kier molecular flexibility index (Phi) is 5.91. The van der Waals surface area contributed by atoms with Crippen LogP contribution in [0.25, 0.3) is 0 Å². The zero-order valence-electron chi connectivity index (χ0n) is 13.7. The number of likely N-dealkylation sites (N-methyl/N-ethyl adjacent to an activating group) is 1. The molecule has 1 N–H and O–H groups in total. The summed E-state index contributed by atoms with van der Waals surface area (Å²) in [6.07, 6.45) is 2.51. The van der Waals surface area contributed by atoms with Crippen molar-refractivity contribution in [1.82, 2.24) is 10.2 Å². The lowest BCUT2D eigenvalue weighted by molar-refractivity contribution is 0.258. The minimum absolute atomic E-state index is 0.345. The van der Waals surface area contributed by atoms with E-state index in [2.05, 4.69) is 61.3 Å². The largest absolute Gasteiger partial charge is 0.369 e. The summed E-state index contributed by atoms with van der Waals surface area (Å²) in [5, 5.41) is 4.30. The van der Waals surface area contributed by atoms with E-state index in [0.717, 1.165) is 24.7 Å². The van der Waals surface area contributed by atoms with E-state index in [9.17, 15) is 0 Å². The molecule has 1 saturated heterocycles. The zero-order valence-corrected chi connectivity index (χ0v) is 14.5. The van der Waals surface area contributed by atoms with Crippen LogP contribution in [0.2, 0.25) is 5.02 Å². The number of rotatable bonds is 5. The van der Waals surface area contributed by atoms with Crippen molar-refractivity contribution in [1.29, 1.82) is 0 Å². The first kappa shape index (κ1) is 16.6. The van der Waals surface area contributed by atoms with Gasteiger partial charge in [0.25, 0.3) is 0 Å². The predicted octanol–water partition coefficient (Wildman–Crippen LogP) is 3.54. The molecule has 1 heterocycles. The molecular weight excluding hydrogens is 282 g/mol. The number of nitrogens with zero attached hydrogens (tertiary/aromatic N) is 2. The molecule has 1 aliphatic rings. The van der Waals surface area contributed by atoms with Crippen LogP contribution in [0, 0.1) is 0 Å². The molecule has 2 rings (SSSR count). The van der Waals surface area contributed by atoms with Gasteiger partial charge in [-0.25, -0.2) is 0 Å². The number of hydrogen-bond acceptors (Lipinski definition) is 3. The summed E-state index contributed by atoms with van der Waals surface area (Å²) in [4.78, 5) is 4.75. The van der Waals surface area contributed by atoms with E-state index in [0.29, 0.717) is 12.1 Å². The smallest absolute Gasteiger partial charge is 0.0642 e. The molecule has 0 amide bonds. The standard InChI is InChI=1S/C17H28ClN3/c1-5-19-13(2)14-8-9-17(16(18)11-14)21-10-6-7-15(12-21)20(3)4/h8-9,11,13,15,19H,5-7,10,12H2,1-4H3. The molecule has 118 valence electrons. The summed E-state index contributed by atoms with van der Waals surface area (Å²) >= 11 is 6.55. The Morgan fingerprint density at radius 3 is 2.81 bits per heavy atom. The molecule has 4 heteroatoms. The highest BCUT2D eigenvalue weighted by Gasteiger charge is 2.23. The Morgan fingerprint density at radius 2 is 2.19 bits per heavy atom. The number of benzene rings is 1. The highest BCUT2D eigenvalue weighted by Crippen LogP contribution is 2.31. The molecule has 0 aromatic heterocycles. The van der Waals surface area contributed by atoms with Gasteiger partial charge in [-0.15, -0.1) is 0 Å². The molecule has 2 atom stereocenters. The normalized spacial score (nSPS) is 20.9. The lowest BCUT2D eigenvalue weighted by Crippen LogP contribution is -2.45. The first-order valence-corrected chi connectivity index (χ1v) is 8.35. The Morgan fingerprint density at radius 1 is 1.43 bits per heavy atom. The van der Waals surface area contributed by atoms with Gasteiger partial charge in [-0.1, -0.05) is 24.6 Å². The van der Waals surface area contributed by atoms with Crippen molar-refractivity contribution in [2.75, 3.05) is 38.6 Å². The average Bonchev–Trinajstić information content (AvgIpc) is 2.47. The summed E-state index contributed by atoms with van der Waals surface area (Å²) in [5.74, 6) is 0. The number of piperidine rings is 1. The van der Waals surface area contributed by atoms with Crippen LogP contribution in [-0.2, 0) is 0 Å². The van der Waals surface area contributed by atoms with E-state index < -0.39 is 0 Å². The molecule has 1 fully saturated rings. The minimum Gasteiger partial charge on any atom is -0.369 e. The van der Waals surface area contributed by atoms with E-state index in [1.165, 1.54) is 24.1 Å². The average molecular weight is 310 g/mol. The Balaban J connectivity index is 2.13. The molecule has 2 unspecified atom stereocenters. The van der Waals surface area contributed by atoms with Gasteiger partial charge in [-0.3, -0.25) is 0 Å². The van der Waals surface area contributed by atoms with Gasteiger partial charge in [-0.2, -0.15) is 0 Å². The maximum atomic E-state index is 6.55. The third-order valence-electron chi connectivity index (χ3n) is 4.45. The molecule has 0 spiro atoms. The Labute approximate surface area is 134 Å². The fourth-order valence-corrected chi connectivity index (χ4v) is 3.38. The zero-order chi connectivity index (χ0) is 15.4. The highest BCUT2D eigenvalue weighted by molar-refractivity contribution is 6.33. The van der Waals surface area contributed by atoms with Crippen LogP contribution in [0.1, 0.15) is 38.3 Å². The van der Waals surface area contributed by atoms with Crippen LogP contribution >= 0.6 is 11.6 Å². The maximum Gasteiger partial charge on any atom is 0.0642 e. The van der Waals surface area contributed by atoms with Gasteiger partial charge >= 0.3 is 0 Å². The number of nitrogens with one attached hydrogen (secondary N) is 1. The summed E-state index contributed by atoms with van der Waals surface area (Å²) < 4.78 is 0. The van der Waals surface area contributed by atoms with Crippen molar-refractivity contribution in [3.63, 3.8) is 0 Å². The molecule has 0 bridgehead atoms. The van der Waals surface area contributed by atoms with Crippen molar-refractivity contribution in [3.8, 4) is 0 Å².